The van der Waals surface area contributed by atoms with Gasteiger partial charge in [-0.05, 0) is 12.8 Å². The second-order valence-corrected chi connectivity index (χ2v) is 8.79. The smallest absolute Gasteiger partial charge is 0.407 e. The number of ether oxygens (including phenoxy) is 1. The summed E-state index contributed by atoms with van der Waals surface area (Å²) in [5.41, 5.74) is 0. The molecular formula is C19H24NO3P. The average molecular weight is 345 g/mol. The number of carbonyl (C=O) groups excluding carboxylic acids is 1. The average Bonchev–Trinajstić information content (AvgIpc) is 2.60. The lowest BCUT2D eigenvalue weighted by Crippen LogP contribution is -2.43. The fraction of sp³-hybridized carbons (Fsp3) is 0.316. The quantitative estimate of drug-likeness (QED) is 0.812. The minimum Gasteiger partial charge on any atom is -0.450 e. The number of carbonyl (C=O) groups is 1. The third-order valence-corrected chi connectivity index (χ3v) is 7.48. The maximum Gasteiger partial charge on any atom is 0.407 e. The molecule has 0 heterocycles. The first-order chi connectivity index (χ1) is 11.5. The molecule has 0 aliphatic carbocycles. The molecule has 0 radical (unpaired) electrons. The summed E-state index contributed by atoms with van der Waals surface area (Å²) in [5, 5.41) is 4.29. The summed E-state index contributed by atoms with van der Waals surface area (Å²) in [6, 6.07) is 18.7. The van der Waals surface area contributed by atoms with Gasteiger partial charge in [0.1, 0.15) is 0 Å². The normalized spacial score (nSPS) is 12.7. The Bertz CT molecular complexity index is 658. The Balaban J connectivity index is 2.56. The molecule has 1 N–H and O–H groups in total. The molecule has 2 aromatic rings. The molecule has 0 bridgehead atoms. The largest absolute Gasteiger partial charge is 0.450 e. The Hall–Kier alpha value is -2.06. The van der Waals surface area contributed by atoms with E-state index in [4.69, 9.17) is 4.74 Å². The Morgan fingerprint density at radius 2 is 1.46 bits per heavy atom. The first-order valence-corrected chi connectivity index (χ1v) is 9.92. The van der Waals surface area contributed by atoms with Crippen molar-refractivity contribution in [3.8, 4) is 0 Å². The predicted molar refractivity (Wildman–Crippen MR) is 98.5 cm³/mol. The van der Waals surface area contributed by atoms with Crippen LogP contribution >= 0.6 is 7.14 Å². The maximum atomic E-state index is 14.2. The van der Waals surface area contributed by atoms with Gasteiger partial charge in [0.2, 0.25) is 0 Å². The van der Waals surface area contributed by atoms with Gasteiger partial charge in [0.05, 0.1) is 12.4 Å². The van der Waals surface area contributed by atoms with Crippen molar-refractivity contribution in [1.29, 1.82) is 0 Å². The van der Waals surface area contributed by atoms with Crippen molar-refractivity contribution < 1.29 is 14.1 Å². The van der Waals surface area contributed by atoms with Gasteiger partial charge in [0, 0.05) is 10.6 Å². The van der Waals surface area contributed by atoms with Crippen molar-refractivity contribution in [3.63, 3.8) is 0 Å². The van der Waals surface area contributed by atoms with Crippen LogP contribution in [0.25, 0.3) is 0 Å². The summed E-state index contributed by atoms with van der Waals surface area (Å²) >= 11 is 0. The Morgan fingerprint density at radius 3 is 1.83 bits per heavy atom. The van der Waals surface area contributed by atoms with E-state index in [1.165, 1.54) is 0 Å². The fourth-order valence-corrected chi connectivity index (χ4v) is 6.04. The Kier molecular flexibility index (Phi) is 6.22. The number of benzene rings is 2. The fourth-order valence-electron chi connectivity index (χ4n) is 2.74. The van der Waals surface area contributed by atoms with Crippen LogP contribution in [-0.4, -0.2) is 18.5 Å². The van der Waals surface area contributed by atoms with Crippen LogP contribution in [0.3, 0.4) is 0 Å². The van der Waals surface area contributed by atoms with Gasteiger partial charge in [-0.2, -0.15) is 0 Å². The van der Waals surface area contributed by atoms with E-state index in [0.29, 0.717) is 0 Å². The van der Waals surface area contributed by atoms with Crippen molar-refractivity contribution in [2.24, 2.45) is 5.92 Å². The molecule has 0 spiro atoms. The van der Waals surface area contributed by atoms with E-state index in [1.807, 2.05) is 74.5 Å². The van der Waals surface area contributed by atoms with Crippen LogP contribution in [0.1, 0.15) is 20.8 Å². The highest BCUT2D eigenvalue weighted by molar-refractivity contribution is 7.79. The van der Waals surface area contributed by atoms with Crippen LogP contribution in [0.4, 0.5) is 4.79 Å². The van der Waals surface area contributed by atoms with Gasteiger partial charge in [-0.3, -0.25) is 0 Å². The standard InChI is InChI=1S/C19H24NO3P/c1-4-23-19(21)20-18(15(2)3)24(22,16-11-7-5-8-12-16)17-13-9-6-10-14-17/h5-15,18H,4H2,1-3H3,(H,20,21)/t18-/m0/s1. The minimum atomic E-state index is -3.08. The summed E-state index contributed by atoms with van der Waals surface area (Å²) in [6.45, 7) is 5.93. The first kappa shape index (κ1) is 18.3. The molecule has 24 heavy (non-hydrogen) atoms. The van der Waals surface area contributed by atoms with E-state index in [-0.39, 0.29) is 12.5 Å². The molecule has 0 saturated heterocycles. The summed E-state index contributed by atoms with van der Waals surface area (Å²) in [5.74, 6) is -0.568. The van der Waals surface area contributed by atoms with Gasteiger partial charge in [0.25, 0.3) is 0 Å². The monoisotopic (exact) mass is 345 g/mol. The third-order valence-electron chi connectivity index (χ3n) is 3.84. The van der Waals surface area contributed by atoms with E-state index in [9.17, 15) is 9.36 Å². The molecule has 1 atom stereocenters. The van der Waals surface area contributed by atoms with Crippen LogP contribution in [0.15, 0.2) is 60.7 Å². The zero-order valence-electron chi connectivity index (χ0n) is 14.3. The first-order valence-electron chi connectivity index (χ1n) is 8.14. The third kappa shape index (κ3) is 3.88. The molecule has 5 heteroatoms. The van der Waals surface area contributed by atoms with E-state index in [0.717, 1.165) is 10.6 Å². The van der Waals surface area contributed by atoms with Gasteiger partial charge in [-0.1, -0.05) is 74.5 Å². The number of hydrogen-bond acceptors (Lipinski definition) is 3. The van der Waals surface area contributed by atoms with Gasteiger partial charge in [0.15, 0.2) is 7.14 Å². The molecule has 0 aliphatic heterocycles. The van der Waals surface area contributed by atoms with Gasteiger partial charge >= 0.3 is 6.09 Å². The summed E-state index contributed by atoms with van der Waals surface area (Å²) in [6.07, 6.45) is -0.539. The summed E-state index contributed by atoms with van der Waals surface area (Å²) < 4.78 is 19.2. The molecule has 0 saturated carbocycles. The summed E-state index contributed by atoms with van der Waals surface area (Å²) in [4.78, 5) is 12.0. The zero-order chi connectivity index (χ0) is 17.6. The van der Waals surface area contributed by atoms with Gasteiger partial charge in [-0.15, -0.1) is 0 Å². The highest BCUT2D eigenvalue weighted by atomic mass is 31.2. The molecule has 2 aromatic carbocycles. The molecule has 4 nitrogen and oxygen atoms in total. The van der Waals surface area contributed by atoms with Crippen LogP contribution in [-0.2, 0) is 9.30 Å². The molecule has 0 fully saturated rings. The second-order valence-electron chi connectivity index (χ2n) is 5.88. The van der Waals surface area contributed by atoms with Gasteiger partial charge in [-0.25, -0.2) is 4.79 Å². The van der Waals surface area contributed by atoms with Crippen molar-refractivity contribution in [2.75, 3.05) is 6.61 Å². The molecule has 0 aromatic heterocycles. The SMILES string of the molecule is CCOC(=O)N[C@H](C(C)C)P(=O)(c1ccccc1)c1ccccc1. The predicted octanol–water partition coefficient (Wildman–Crippen LogP) is 3.73. The maximum absolute atomic E-state index is 14.2. The molecule has 0 unspecified atom stereocenters. The second kappa shape index (κ2) is 8.16. The van der Waals surface area contributed by atoms with Crippen LogP contribution in [0.5, 0.6) is 0 Å². The number of nitrogens with one attached hydrogen (secondary N) is 1. The van der Waals surface area contributed by atoms with E-state index >= 15 is 0 Å². The Morgan fingerprint density at radius 1 is 1.00 bits per heavy atom. The van der Waals surface area contributed by atoms with Crippen LogP contribution in [0.2, 0.25) is 0 Å². The highest BCUT2D eigenvalue weighted by Gasteiger charge is 2.39. The zero-order valence-corrected chi connectivity index (χ0v) is 15.2. The molecule has 0 aliphatic rings. The topological polar surface area (TPSA) is 55.4 Å². The lowest BCUT2D eigenvalue weighted by atomic mass is 10.2. The molecule has 128 valence electrons. The Labute approximate surface area is 143 Å². The number of alkyl carbamates (subject to hydrolysis) is 1. The van der Waals surface area contributed by atoms with Crippen molar-refractivity contribution in [1.82, 2.24) is 5.32 Å². The highest BCUT2D eigenvalue weighted by Crippen LogP contribution is 2.50. The van der Waals surface area contributed by atoms with E-state index < -0.39 is 19.0 Å². The van der Waals surface area contributed by atoms with Crippen molar-refractivity contribution in [3.05, 3.63) is 60.7 Å². The molecule has 1 amide bonds. The lowest BCUT2D eigenvalue weighted by Gasteiger charge is -2.31. The number of rotatable bonds is 6. The van der Waals surface area contributed by atoms with Crippen molar-refractivity contribution >= 4 is 23.8 Å². The number of amides is 1. The molecule has 2 rings (SSSR count). The lowest BCUT2D eigenvalue weighted by molar-refractivity contribution is 0.149. The van der Waals surface area contributed by atoms with Gasteiger partial charge < -0.3 is 14.6 Å². The van der Waals surface area contributed by atoms with E-state index in [1.54, 1.807) is 6.92 Å². The van der Waals surface area contributed by atoms with Crippen LogP contribution < -0.4 is 15.9 Å². The number of hydrogen-bond donors (Lipinski definition) is 1. The van der Waals surface area contributed by atoms with Crippen LogP contribution in [0, 0.1) is 5.92 Å². The summed E-state index contributed by atoms with van der Waals surface area (Å²) in [7, 11) is -3.08. The van der Waals surface area contributed by atoms with Crippen molar-refractivity contribution in [2.45, 2.75) is 26.6 Å². The van der Waals surface area contributed by atoms with E-state index in [2.05, 4.69) is 5.32 Å². The molecular weight excluding hydrogens is 321 g/mol. The minimum absolute atomic E-state index is 0.0272.